The normalized spacial score (nSPS) is 30.5. The highest BCUT2D eigenvalue weighted by atomic mass is 16.4. The Morgan fingerprint density at radius 2 is 1.70 bits per heavy atom. The molecule has 1 heterocycles. The lowest BCUT2D eigenvalue weighted by molar-refractivity contribution is -0.148. The third-order valence-corrected chi connectivity index (χ3v) is 5.40. The van der Waals surface area contributed by atoms with Gasteiger partial charge in [-0.25, -0.2) is 0 Å². The van der Waals surface area contributed by atoms with Gasteiger partial charge in [-0.2, -0.15) is 0 Å². The van der Waals surface area contributed by atoms with Crippen LogP contribution in [0.3, 0.4) is 0 Å². The van der Waals surface area contributed by atoms with Gasteiger partial charge in [-0.1, -0.05) is 46.0 Å². The van der Waals surface area contributed by atoms with Crippen molar-refractivity contribution in [3.05, 3.63) is 0 Å². The summed E-state index contributed by atoms with van der Waals surface area (Å²) in [5.41, 5.74) is 0.499. The molecule has 1 aliphatic heterocycles. The Kier molecular flexibility index (Phi) is 5.48. The van der Waals surface area contributed by atoms with E-state index < -0.39 is 5.97 Å². The van der Waals surface area contributed by atoms with Crippen LogP contribution in [0.25, 0.3) is 0 Å². The Labute approximate surface area is 123 Å². The Bertz CT molecular complexity index is 315. The fourth-order valence-electron chi connectivity index (χ4n) is 4.56. The maximum absolute atomic E-state index is 11.5. The highest BCUT2D eigenvalue weighted by Gasteiger charge is 2.46. The molecule has 0 spiro atoms. The molecular weight excluding hydrogens is 250 g/mol. The van der Waals surface area contributed by atoms with Crippen molar-refractivity contribution in [2.24, 2.45) is 11.3 Å². The van der Waals surface area contributed by atoms with Gasteiger partial charge in [-0.3, -0.25) is 9.69 Å². The summed E-state index contributed by atoms with van der Waals surface area (Å²) in [5.74, 6) is -0.695. The molecular formula is C17H31NO2. The summed E-state index contributed by atoms with van der Waals surface area (Å²) in [6.07, 6.45) is 10.6. The lowest BCUT2D eigenvalue weighted by atomic mass is 9.71. The van der Waals surface area contributed by atoms with Crippen LogP contribution in [0.4, 0.5) is 0 Å². The number of rotatable bonds is 6. The molecule has 2 unspecified atom stereocenters. The predicted molar refractivity (Wildman–Crippen MR) is 81.8 cm³/mol. The number of carboxylic acid groups (broad SMARTS) is 1. The SMILES string of the molecule is CCCC1(CCC)CN(C2CCCCCC2C(=O)O)C1. The van der Waals surface area contributed by atoms with E-state index in [0.29, 0.717) is 11.5 Å². The van der Waals surface area contributed by atoms with E-state index in [1.165, 1.54) is 38.5 Å². The number of aliphatic carboxylic acids is 1. The molecule has 116 valence electrons. The van der Waals surface area contributed by atoms with Crippen LogP contribution < -0.4 is 0 Å². The molecule has 0 amide bonds. The van der Waals surface area contributed by atoms with Gasteiger partial charge in [-0.05, 0) is 31.1 Å². The summed E-state index contributed by atoms with van der Waals surface area (Å²) in [6, 6.07) is 0.303. The van der Waals surface area contributed by atoms with Crippen molar-refractivity contribution in [3.63, 3.8) is 0 Å². The zero-order valence-electron chi connectivity index (χ0n) is 13.2. The van der Waals surface area contributed by atoms with Gasteiger partial charge in [0, 0.05) is 19.1 Å². The van der Waals surface area contributed by atoms with Crippen molar-refractivity contribution < 1.29 is 9.90 Å². The highest BCUT2D eigenvalue weighted by molar-refractivity contribution is 5.71. The van der Waals surface area contributed by atoms with Gasteiger partial charge in [0.05, 0.1) is 5.92 Å². The molecule has 1 saturated carbocycles. The first-order valence-electron chi connectivity index (χ1n) is 8.59. The Balaban J connectivity index is 1.98. The Morgan fingerprint density at radius 3 is 2.25 bits per heavy atom. The molecule has 0 bridgehead atoms. The lowest BCUT2D eigenvalue weighted by Gasteiger charge is -2.55. The summed E-state index contributed by atoms with van der Waals surface area (Å²) in [5, 5.41) is 9.51. The zero-order chi connectivity index (χ0) is 14.6. The average molecular weight is 281 g/mol. The minimum Gasteiger partial charge on any atom is -0.481 e. The van der Waals surface area contributed by atoms with Gasteiger partial charge >= 0.3 is 5.97 Å². The third-order valence-electron chi connectivity index (χ3n) is 5.40. The molecule has 0 aromatic carbocycles. The number of hydrogen-bond donors (Lipinski definition) is 1. The number of carbonyl (C=O) groups is 1. The summed E-state index contributed by atoms with van der Waals surface area (Å²) in [4.78, 5) is 14.0. The number of nitrogens with zero attached hydrogens (tertiary/aromatic N) is 1. The second kappa shape index (κ2) is 6.93. The molecule has 1 aliphatic carbocycles. The topological polar surface area (TPSA) is 40.5 Å². The van der Waals surface area contributed by atoms with Gasteiger partial charge in [-0.15, -0.1) is 0 Å². The molecule has 2 aliphatic rings. The van der Waals surface area contributed by atoms with Gasteiger partial charge in [0.1, 0.15) is 0 Å². The van der Waals surface area contributed by atoms with Crippen LogP contribution in [-0.4, -0.2) is 35.1 Å². The smallest absolute Gasteiger partial charge is 0.308 e. The minimum atomic E-state index is -0.569. The summed E-state index contributed by atoms with van der Waals surface area (Å²) in [6.45, 7) is 6.82. The number of hydrogen-bond acceptors (Lipinski definition) is 2. The van der Waals surface area contributed by atoms with Crippen LogP contribution >= 0.6 is 0 Å². The van der Waals surface area contributed by atoms with Crippen molar-refractivity contribution in [3.8, 4) is 0 Å². The quantitative estimate of drug-likeness (QED) is 0.750. The summed E-state index contributed by atoms with van der Waals surface area (Å²) < 4.78 is 0. The fraction of sp³-hybridized carbons (Fsp3) is 0.941. The van der Waals surface area contributed by atoms with E-state index in [1.54, 1.807) is 0 Å². The van der Waals surface area contributed by atoms with E-state index in [1.807, 2.05) is 0 Å². The molecule has 2 fully saturated rings. The molecule has 1 saturated heterocycles. The molecule has 2 atom stereocenters. The van der Waals surface area contributed by atoms with E-state index in [4.69, 9.17) is 0 Å². The van der Waals surface area contributed by atoms with Crippen molar-refractivity contribution in [2.75, 3.05) is 13.1 Å². The van der Waals surface area contributed by atoms with Crippen molar-refractivity contribution >= 4 is 5.97 Å². The van der Waals surface area contributed by atoms with Gasteiger partial charge in [0.2, 0.25) is 0 Å². The Morgan fingerprint density at radius 1 is 1.10 bits per heavy atom. The number of likely N-dealkylation sites (tertiary alicyclic amines) is 1. The lowest BCUT2D eigenvalue weighted by Crippen LogP contribution is -2.61. The molecule has 3 heteroatoms. The maximum Gasteiger partial charge on any atom is 0.308 e. The average Bonchev–Trinajstić information content (AvgIpc) is 2.60. The highest BCUT2D eigenvalue weighted by Crippen LogP contribution is 2.43. The van der Waals surface area contributed by atoms with Crippen LogP contribution in [0.2, 0.25) is 0 Å². The standard InChI is InChI=1S/C17H31NO2/c1-3-10-17(11-4-2)12-18(13-17)15-9-7-5-6-8-14(15)16(19)20/h14-15H,3-13H2,1-2H3,(H,19,20). The third kappa shape index (κ3) is 3.36. The molecule has 2 rings (SSSR count). The fourth-order valence-corrected chi connectivity index (χ4v) is 4.56. The summed E-state index contributed by atoms with van der Waals surface area (Å²) in [7, 11) is 0. The maximum atomic E-state index is 11.5. The van der Waals surface area contributed by atoms with E-state index >= 15 is 0 Å². The van der Waals surface area contributed by atoms with Gasteiger partial charge in [0.25, 0.3) is 0 Å². The first kappa shape index (κ1) is 15.8. The van der Waals surface area contributed by atoms with Crippen LogP contribution in [0.5, 0.6) is 0 Å². The number of carboxylic acids is 1. The van der Waals surface area contributed by atoms with Crippen LogP contribution in [0.1, 0.15) is 71.6 Å². The molecule has 0 aromatic rings. The summed E-state index contributed by atoms with van der Waals surface area (Å²) >= 11 is 0. The second-order valence-electron chi connectivity index (χ2n) is 7.06. The monoisotopic (exact) mass is 281 g/mol. The van der Waals surface area contributed by atoms with E-state index in [-0.39, 0.29) is 5.92 Å². The zero-order valence-corrected chi connectivity index (χ0v) is 13.2. The first-order valence-corrected chi connectivity index (χ1v) is 8.59. The largest absolute Gasteiger partial charge is 0.481 e. The van der Waals surface area contributed by atoms with Crippen molar-refractivity contribution in [1.82, 2.24) is 4.90 Å². The van der Waals surface area contributed by atoms with Crippen LogP contribution in [0, 0.1) is 11.3 Å². The molecule has 3 nitrogen and oxygen atoms in total. The van der Waals surface area contributed by atoms with Gasteiger partial charge < -0.3 is 5.11 Å². The second-order valence-corrected chi connectivity index (χ2v) is 7.06. The van der Waals surface area contributed by atoms with Crippen molar-refractivity contribution in [2.45, 2.75) is 77.7 Å². The first-order chi connectivity index (χ1) is 9.62. The van der Waals surface area contributed by atoms with Crippen molar-refractivity contribution in [1.29, 1.82) is 0 Å². The molecule has 0 radical (unpaired) electrons. The molecule has 1 N–H and O–H groups in total. The van der Waals surface area contributed by atoms with Gasteiger partial charge in [0.15, 0.2) is 0 Å². The van der Waals surface area contributed by atoms with Crippen LogP contribution in [-0.2, 0) is 4.79 Å². The predicted octanol–water partition coefficient (Wildman–Crippen LogP) is 3.92. The van der Waals surface area contributed by atoms with E-state index in [2.05, 4.69) is 18.7 Å². The van der Waals surface area contributed by atoms with Crippen LogP contribution in [0.15, 0.2) is 0 Å². The Hall–Kier alpha value is -0.570. The molecule has 20 heavy (non-hydrogen) atoms. The molecule has 0 aromatic heterocycles. The van der Waals surface area contributed by atoms with E-state index in [0.717, 1.165) is 32.4 Å². The van der Waals surface area contributed by atoms with E-state index in [9.17, 15) is 9.90 Å². The minimum absolute atomic E-state index is 0.126.